The second-order valence-electron chi connectivity index (χ2n) is 6.49. The molecule has 4 nitrogen and oxygen atoms in total. The molecule has 152 valence electrons. The van der Waals surface area contributed by atoms with Gasteiger partial charge in [0, 0.05) is 11.9 Å². The standard InChI is InChI=1S/2C10H20O2.Ni/c2*1-2-3-4-5-6-7-8-9-10(11)12;/h2*2-9H2,1H3,(H,11,12);/q;;+2/p-2. The Labute approximate surface area is 165 Å². The first kappa shape index (κ1) is 29.2. The Morgan fingerprint density at radius 1 is 0.520 bits per heavy atom. The molecule has 0 aliphatic rings. The Balaban J connectivity index is -0.000000372. The van der Waals surface area contributed by atoms with Gasteiger partial charge in [-0.25, -0.2) is 0 Å². The fraction of sp³-hybridized carbons (Fsp3) is 0.900. The third-order valence-electron chi connectivity index (χ3n) is 3.97. The number of carbonyl (C=O) groups excluding carboxylic acids is 2. The first-order valence-corrected chi connectivity index (χ1v) is 9.94. The number of carbonyl (C=O) groups is 2. The van der Waals surface area contributed by atoms with E-state index in [1.54, 1.807) is 0 Å². The molecule has 0 rings (SSSR count). The Kier molecular flexibility index (Phi) is 30.0. The molecule has 0 atom stereocenters. The third-order valence-corrected chi connectivity index (χ3v) is 3.97. The van der Waals surface area contributed by atoms with Crippen LogP contribution in [-0.2, 0) is 26.1 Å². The van der Waals surface area contributed by atoms with E-state index < -0.39 is 11.9 Å². The van der Waals surface area contributed by atoms with Crippen molar-refractivity contribution in [1.82, 2.24) is 0 Å². The molecule has 0 aromatic rings. The maximum Gasteiger partial charge on any atom is 2.00 e. The van der Waals surface area contributed by atoms with Gasteiger partial charge in [-0.15, -0.1) is 0 Å². The summed E-state index contributed by atoms with van der Waals surface area (Å²) < 4.78 is 0. The van der Waals surface area contributed by atoms with Gasteiger partial charge in [-0.1, -0.05) is 90.9 Å². The Hall–Kier alpha value is -0.566. The second-order valence-corrected chi connectivity index (χ2v) is 6.49. The molecular formula is C20H38NiO4. The minimum atomic E-state index is -0.913. The van der Waals surface area contributed by atoms with Crippen molar-refractivity contribution in [3.63, 3.8) is 0 Å². The largest absolute Gasteiger partial charge is 2.00 e. The molecule has 5 heteroatoms. The number of carboxylic acids is 2. The van der Waals surface area contributed by atoms with Crippen LogP contribution in [0.15, 0.2) is 0 Å². The molecule has 0 aliphatic heterocycles. The van der Waals surface area contributed by atoms with Gasteiger partial charge >= 0.3 is 16.5 Å². The zero-order valence-electron chi connectivity index (χ0n) is 16.3. The second kappa shape index (κ2) is 25.7. The average Bonchev–Trinajstić information content (AvgIpc) is 2.53. The summed E-state index contributed by atoms with van der Waals surface area (Å²) in [5, 5.41) is 20.0. The molecule has 0 fully saturated rings. The summed E-state index contributed by atoms with van der Waals surface area (Å²) in [4.78, 5) is 20.0. The van der Waals surface area contributed by atoms with Crippen molar-refractivity contribution in [3.8, 4) is 0 Å². The molecule has 0 saturated carbocycles. The molecule has 25 heavy (non-hydrogen) atoms. The topological polar surface area (TPSA) is 80.3 Å². The minimum absolute atomic E-state index is 0. The van der Waals surface area contributed by atoms with Crippen molar-refractivity contribution in [2.45, 2.75) is 117 Å². The van der Waals surface area contributed by atoms with E-state index in [4.69, 9.17) is 0 Å². The summed E-state index contributed by atoms with van der Waals surface area (Å²) in [6.45, 7) is 4.38. The van der Waals surface area contributed by atoms with Gasteiger partial charge in [0.25, 0.3) is 0 Å². The van der Waals surface area contributed by atoms with Crippen molar-refractivity contribution < 1.29 is 36.3 Å². The average molecular weight is 401 g/mol. The van der Waals surface area contributed by atoms with E-state index in [9.17, 15) is 19.8 Å². The maximum atomic E-state index is 10.0. The number of rotatable bonds is 16. The number of unbranched alkanes of at least 4 members (excludes halogenated alkanes) is 12. The van der Waals surface area contributed by atoms with Crippen LogP contribution in [0.2, 0.25) is 0 Å². The molecule has 0 unspecified atom stereocenters. The summed E-state index contributed by atoms with van der Waals surface area (Å²) in [7, 11) is 0. The van der Waals surface area contributed by atoms with Crippen LogP contribution in [0.1, 0.15) is 117 Å². The van der Waals surface area contributed by atoms with Crippen LogP contribution in [0.3, 0.4) is 0 Å². The predicted octanol–water partition coefficient (Wildman–Crippen LogP) is 3.75. The molecule has 0 aliphatic carbocycles. The molecule has 0 heterocycles. The molecule has 0 amide bonds. The van der Waals surface area contributed by atoms with Gasteiger partial charge in [-0.2, -0.15) is 0 Å². The SMILES string of the molecule is CCCCCCCCCC(=O)[O-].CCCCCCCCCC(=O)[O-].[Ni+2]. The van der Waals surface area contributed by atoms with E-state index in [1.165, 1.54) is 64.2 Å². The molecule has 0 radical (unpaired) electrons. The molecular weight excluding hydrogens is 363 g/mol. The Morgan fingerprint density at radius 2 is 0.760 bits per heavy atom. The van der Waals surface area contributed by atoms with Crippen molar-refractivity contribution in [2.75, 3.05) is 0 Å². The van der Waals surface area contributed by atoms with Crippen LogP contribution in [0.4, 0.5) is 0 Å². The molecule has 0 aromatic heterocycles. The van der Waals surface area contributed by atoms with Gasteiger partial charge in [0.15, 0.2) is 0 Å². The van der Waals surface area contributed by atoms with E-state index >= 15 is 0 Å². The summed E-state index contributed by atoms with van der Waals surface area (Å²) in [6, 6.07) is 0. The third kappa shape index (κ3) is 35.4. The van der Waals surface area contributed by atoms with Crippen molar-refractivity contribution in [2.24, 2.45) is 0 Å². The van der Waals surface area contributed by atoms with E-state index in [2.05, 4.69) is 13.8 Å². The van der Waals surface area contributed by atoms with E-state index in [1.807, 2.05) is 0 Å². The molecule has 0 spiro atoms. The first-order valence-electron chi connectivity index (χ1n) is 9.94. The van der Waals surface area contributed by atoms with Gasteiger partial charge in [-0.3, -0.25) is 0 Å². The van der Waals surface area contributed by atoms with Crippen LogP contribution in [0, 0.1) is 0 Å². The summed E-state index contributed by atoms with van der Waals surface area (Å²) in [5.41, 5.74) is 0. The summed E-state index contributed by atoms with van der Waals surface area (Å²) >= 11 is 0. The normalized spacial score (nSPS) is 9.68. The fourth-order valence-electron chi connectivity index (χ4n) is 2.45. The predicted molar refractivity (Wildman–Crippen MR) is 95.2 cm³/mol. The minimum Gasteiger partial charge on any atom is -0.550 e. The number of hydrogen-bond donors (Lipinski definition) is 0. The van der Waals surface area contributed by atoms with Gasteiger partial charge in [0.2, 0.25) is 0 Å². The van der Waals surface area contributed by atoms with Gasteiger partial charge < -0.3 is 19.8 Å². The number of carboxylic acid groups (broad SMARTS) is 2. The quantitative estimate of drug-likeness (QED) is 0.292. The van der Waals surface area contributed by atoms with Crippen molar-refractivity contribution in [3.05, 3.63) is 0 Å². The first-order chi connectivity index (χ1) is 11.5. The van der Waals surface area contributed by atoms with E-state index in [-0.39, 0.29) is 29.3 Å². The fourth-order valence-corrected chi connectivity index (χ4v) is 2.45. The zero-order valence-corrected chi connectivity index (χ0v) is 17.3. The Bertz CT molecular complexity index is 255. The number of hydrogen-bond acceptors (Lipinski definition) is 4. The van der Waals surface area contributed by atoms with Gasteiger partial charge in [0.1, 0.15) is 0 Å². The van der Waals surface area contributed by atoms with Gasteiger partial charge in [0.05, 0.1) is 0 Å². The number of aliphatic carboxylic acids is 2. The summed E-state index contributed by atoms with van der Waals surface area (Å²) in [5.74, 6) is -1.83. The van der Waals surface area contributed by atoms with Crippen LogP contribution in [0.5, 0.6) is 0 Å². The van der Waals surface area contributed by atoms with Crippen molar-refractivity contribution in [1.29, 1.82) is 0 Å². The van der Waals surface area contributed by atoms with E-state index in [0.717, 1.165) is 25.7 Å². The van der Waals surface area contributed by atoms with Crippen LogP contribution in [-0.4, -0.2) is 11.9 Å². The monoisotopic (exact) mass is 400 g/mol. The molecule has 0 bridgehead atoms. The molecule has 0 N–H and O–H groups in total. The molecule has 0 saturated heterocycles. The zero-order chi connectivity index (χ0) is 18.5. The Morgan fingerprint density at radius 3 is 1.00 bits per heavy atom. The van der Waals surface area contributed by atoms with E-state index in [0.29, 0.717) is 0 Å². The van der Waals surface area contributed by atoms with Crippen LogP contribution >= 0.6 is 0 Å². The van der Waals surface area contributed by atoms with Crippen LogP contribution < -0.4 is 10.2 Å². The van der Waals surface area contributed by atoms with Crippen LogP contribution in [0.25, 0.3) is 0 Å². The smallest absolute Gasteiger partial charge is 0.550 e. The van der Waals surface area contributed by atoms with Gasteiger partial charge in [-0.05, 0) is 25.7 Å². The van der Waals surface area contributed by atoms with Crippen molar-refractivity contribution >= 4 is 11.9 Å². The molecule has 0 aromatic carbocycles. The summed E-state index contributed by atoms with van der Waals surface area (Å²) in [6.07, 6.45) is 16.7. The maximum absolute atomic E-state index is 10.0.